The van der Waals surface area contributed by atoms with E-state index in [0.29, 0.717) is 11.8 Å². The average Bonchev–Trinajstić information content (AvgIpc) is 3.29. The number of aliphatic imine (C=N–C) groups is 2. The number of rotatable bonds is 6. The van der Waals surface area contributed by atoms with Crippen molar-refractivity contribution in [1.82, 2.24) is 9.78 Å². The molecule has 5 rings (SSSR count). The third-order valence-electron chi connectivity index (χ3n) is 6.50. The van der Waals surface area contributed by atoms with Crippen molar-refractivity contribution >= 4 is 34.3 Å². The van der Waals surface area contributed by atoms with E-state index in [1.165, 1.54) is 11.1 Å². The molecule has 0 bridgehead atoms. The first-order valence-corrected chi connectivity index (χ1v) is 12.9. The van der Waals surface area contributed by atoms with Crippen molar-refractivity contribution in [2.24, 2.45) is 9.98 Å². The van der Waals surface area contributed by atoms with E-state index in [-0.39, 0.29) is 0 Å². The second-order valence-electron chi connectivity index (χ2n) is 9.80. The number of hydrogen-bond acceptors (Lipinski definition) is 3. The SMILES string of the molecule is CC(C)c1cccc(C(C)C)c1/N=C/c1nn(/C(=N/c2ccccc2)c2ccccc2)c2ccccc12. The van der Waals surface area contributed by atoms with Crippen LogP contribution in [0.25, 0.3) is 10.9 Å². The predicted molar refractivity (Wildman–Crippen MR) is 156 cm³/mol. The fourth-order valence-electron chi connectivity index (χ4n) is 4.58. The number of hydrogen-bond donors (Lipinski definition) is 0. The minimum atomic E-state index is 0.378. The smallest absolute Gasteiger partial charge is 0.161 e. The first-order valence-electron chi connectivity index (χ1n) is 12.9. The van der Waals surface area contributed by atoms with Gasteiger partial charge in [-0.15, -0.1) is 0 Å². The standard InChI is InChI=1S/C33H32N4/c1-23(2)27-19-13-20-28(24(3)4)32(27)34-22-30-29-18-11-12-21-31(29)37(36-30)33(25-14-7-5-8-15-25)35-26-16-9-6-10-17-26/h5-24H,1-4H3/b34-22+,35-33+. The predicted octanol–water partition coefficient (Wildman–Crippen LogP) is 8.66. The van der Waals surface area contributed by atoms with Gasteiger partial charge in [0, 0.05) is 10.9 Å². The normalized spacial score (nSPS) is 12.3. The lowest BCUT2D eigenvalue weighted by Gasteiger charge is -2.16. The van der Waals surface area contributed by atoms with Crippen LogP contribution in [-0.4, -0.2) is 21.8 Å². The number of benzene rings is 4. The third kappa shape index (κ3) is 5.14. The van der Waals surface area contributed by atoms with Crippen LogP contribution in [-0.2, 0) is 0 Å². The van der Waals surface area contributed by atoms with Gasteiger partial charge in [0.15, 0.2) is 5.84 Å². The van der Waals surface area contributed by atoms with Crippen molar-refractivity contribution in [3.8, 4) is 0 Å². The Labute approximate surface area is 219 Å². The van der Waals surface area contributed by atoms with Crippen molar-refractivity contribution < 1.29 is 0 Å². The van der Waals surface area contributed by atoms with Crippen LogP contribution in [0.1, 0.15) is 61.9 Å². The molecule has 0 aliphatic carbocycles. The zero-order valence-electron chi connectivity index (χ0n) is 21.8. The Morgan fingerprint density at radius 2 is 1.30 bits per heavy atom. The van der Waals surface area contributed by atoms with Crippen LogP contribution in [0, 0.1) is 0 Å². The fraction of sp³-hybridized carbons (Fsp3) is 0.182. The van der Waals surface area contributed by atoms with Crippen molar-refractivity contribution in [3.63, 3.8) is 0 Å². The van der Waals surface area contributed by atoms with E-state index in [4.69, 9.17) is 15.1 Å². The highest BCUT2D eigenvalue weighted by Crippen LogP contribution is 2.35. The molecule has 1 heterocycles. The Morgan fingerprint density at radius 1 is 0.703 bits per heavy atom. The number of para-hydroxylation sites is 3. The third-order valence-corrected chi connectivity index (χ3v) is 6.50. The highest BCUT2D eigenvalue weighted by Gasteiger charge is 2.17. The summed E-state index contributed by atoms with van der Waals surface area (Å²) in [4.78, 5) is 10.1. The Bertz CT molecular complexity index is 1530. The maximum Gasteiger partial charge on any atom is 0.161 e. The molecule has 1 aromatic heterocycles. The average molecular weight is 485 g/mol. The Balaban J connectivity index is 1.69. The molecular weight excluding hydrogens is 452 g/mol. The van der Waals surface area contributed by atoms with Gasteiger partial charge in [0.2, 0.25) is 0 Å². The van der Waals surface area contributed by atoms with Crippen LogP contribution in [0.3, 0.4) is 0 Å². The summed E-state index contributed by atoms with van der Waals surface area (Å²) in [5.41, 5.74) is 7.24. The molecule has 0 saturated carbocycles. The Hall–Kier alpha value is -4.31. The molecule has 5 aromatic rings. The van der Waals surface area contributed by atoms with E-state index in [2.05, 4.69) is 70.2 Å². The zero-order valence-corrected chi connectivity index (χ0v) is 21.8. The zero-order chi connectivity index (χ0) is 25.8. The summed E-state index contributed by atoms with van der Waals surface area (Å²) in [6.07, 6.45) is 1.91. The molecule has 0 aliphatic heterocycles. The van der Waals surface area contributed by atoms with Crippen LogP contribution in [0.5, 0.6) is 0 Å². The number of nitrogens with zero attached hydrogens (tertiary/aromatic N) is 4. The molecule has 4 heteroatoms. The molecule has 0 amide bonds. The van der Waals surface area contributed by atoms with Crippen LogP contribution in [0.2, 0.25) is 0 Å². The van der Waals surface area contributed by atoms with E-state index >= 15 is 0 Å². The van der Waals surface area contributed by atoms with E-state index in [1.807, 2.05) is 71.6 Å². The summed E-state index contributed by atoms with van der Waals surface area (Å²) in [5.74, 6) is 1.53. The first-order chi connectivity index (χ1) is 18.0. The molecule has 4 aromatic carbocycles. The summed E-state index contributed by atoms with van der Waals surface area (Å²) in [7, 11) is 0. The lowest BCUT2D eigenvalue weighted by atomic mass is 9.93. The molecule has 0 spiro atoms. The molecule has 0 saturated heterocycles. The first kappa shape index (κ1) is 24.4. The van der Waals surface area contributed by atoms with Crippen molar-refractivity contribution in [2.75, 3.05) is 0 Å². The fourth-order valence-corrected chi connectivity index (χ4v) is 4.58. The molecule has 4 nitrogen and oxygen atoms in total. The van der Waals surface area contributed by atoms with Gasteiger partial charge < -0.3 is 0 Å². The topological polar surface area (TPSA) is 42.5 Å². The van der Waals surface area contributed by atoms with Gasteiger partial charge in [-0.05, 0) is 41.2 Å². The van der Waals surface area contributed by atoms with Gasteiger partial charge in [-0.2, -0.15) is 5.10 Å². The van der Waals surface area contributed by atoms with Gasteiger partial charge in [-0.25, -0.2) is 9.67 Å². The summed E-state index contributed by atoms with van der Waals surface area (Å²) in [6, 6.07) is 35.0. The summed E-state index contributed by atoms with van der Waals surface area (Å²) < 4.78 is 1.94. The van der Waals surface area contributed by atoms with Gasteiger partial charge in [-0.1, -0.05) is 113 Å². The second-order valence-corrected chi connectivity index (χ2v) is 9.80. The molecule has 0 unspecified atom stereocenters. The molecule has 0 N–H and O–H groups in total. The molecule has 37 heavy (non-hydrogen) atoms. The van der Waals surface area contributed by atoms with E-state index < -0.39 is 0 Å². The lowest BCUT2D eigenvalue weighted by molar-refractivity contribution is 0.835. The number of fused-ring (bicyclic) bond motifs is 1. The molecular formula is C33H32N4. The van der Waals surface area contributed by atoms with Gasteiger partial charge in [0.1, 0.15) is 5.69 Å². The number of aromatic nitrogens is 2. The van der Waals surface area contributed by atoms with E-state index in [1.54, 1.807) is 0 Å². The molecule has 0 aliphatic rings. The van der Waals surface area contributed by atoms with Crippen molar-refractivity contribution in [2.45, 2.75) is 39.5 Å². The quantitative estimate of drug-likeness (QED) is 0.176. The van der Waals surface area contributed by atoms with Crippen LogP contribution in [0.4, 0.5) is 11.4 Å². The molecule has 0 fully saturated rings. The summed E-state index contributed by atoms with van der Waals surface area (Å²) >= 11 is 0. The summed E-state index contributed by atoms with van der Waals surface area (Å²) in [6.45, 7) is 8.87. The van der Waals surface area contributed by atoms with Crippen LogP contribution in [0.15, 0.2) is 113 Å². The van der Waals surface area contributed by atoms with E-state index in [9.17, 15) is 0 Å². The minimum Gasteiger partial charge on any atom is -0.254 e. The van der Waals surface area contributed by atoms with Gasteiger partial charge in [-0.3, -0.25) is 4.99 Å². The minimum absolute atomic E-state index is 0.378. The molecule has 0 atom stereocenters. The van der Waals surface area contributed by atoms with Crippen molar-refractivity contribution in [1.29, 1.82) is 0 Å². The Morgan fingerprint density at radius 3 is 1.95 bits per heavy atom. The molecule has 184 valence electrons. The van der Waals surface area contributed by atoms with Crippen LogP contribution < -0.4 is 0 Å². The summed E-state index contributed by atoms with van der Waals surface area (Å²) in [5, 5.41) is 6.10. The molecule has 0 radical (unpaired) electrons. The Kier molecular flexibility index (Phi) is 7.09. The maximum absolute atomic E-state index is 5.06. The van der Waals surface area contributed by atoms with E-state index in [0.717, 1.165) is 39.4 Å². The lowest BCUT2D eigenvalue weighted by Crippen LogP contribution is -2.15. The monoisotopic (exact) mass is 484 g/mol. The highest BCUT2D eigenvalue weighted by molar-refractivity contribution is 6.08. The maximum atomic E-state index is 5.06. The van der Waals surface area contributed by atoms with Gasteiger partial charge in [0.05, 0.1) is 23.1 Å². The van der Waals surface area contributed by atoms with Gasteiger partial charge in [0.25, 0.3) is 0 Å². The second kappa shape index (κ2) is 10.8. The largest absolute Gasteiger partial charge is 0.254 e. The van der Waals surface area contributed by atoms with Crippen LogP contribution >= 0.6 is 0 Å². The van der Waals surface area contributed by atoms with Gasteiger partial charge >= 0.3 is 0 Å². The highest BCUT2D eigenvalue weighted by atomic mass is 15.3. The van der Waals surface area contributed by atoms with Crippen molar-refractivity contribution in [3.05, 3.63) is 126 Å².